The SMILES string of the molecule is Cc1ccccc1-n1c([C@H](C)Nc2nc(N)nc(C)c2C#N)cc2cccc(C)c2c1=O. The minimum absolute atomic E-state index is 0.0848. The number of pyridine rings is 1. The van der Waals surface area contributed by atoms with Crippen LogP contribution in [-0.4, -0.2) is 14.5 Å². The molecule has 0 saturated carbocycles. The Bertz CT molecular complexity index is 1450. The molecule has 4 rings (SSSR count). The molecule has 0 aliphatic heterocycles. The van der Waals surface area contributed by atoms with Crippen molar-refractivity contribution < 1.29 is 0 Å². The van der Waals surface area contributed by atoms with E-state index >= 15 is 0 Å². The fourth-order valence-electron chi connectivity index (χ4n) is 4.05. The molecule has 1 atom stereocenters. The summed E-state index contributed by atoms with van der Waals surface area (Å²) < 4.78 is 1.74. The average molecular weight is 425 g/mol. The summed E-state index contributed by atoms with van der Waals surface area (Å²) in [5.74, 6) is 0.430. The molecule has 0 unspecified atom stereocenters. The van der Waals surface area contributed by atoms with Crippen LogP contribution in [0.2, 0.25) is 0 Å². The van der Waals surface area contributed by atoms with E-state index in [2.05, 4.69) is 21.4 Å². The molecular weight excluding hydrogens is 400 g/mol. The van der Waals surface area contributed by atoms with Crippen LogP contribution in [0.15, 0.2) is 53.3 Å². The summed E-state index contributed by atoms with van der Waals surface area (Å²) in [6.07, 6.45) is 0. The number of fused-ring (bicyclic) bond motifs is 1. The number of nitrogen functional groups attached to an aromatic ring is 1. The van der Waals surface area contributed by atoms with Crippen molar-refractivity contribution in [2.75, 3.05) is 11.1 Å². The van der Waals surface area contributed by atoms with Crippen LogP contribution in [0.3, 0.4) is 0 Å². The van der Waals surface area contributed by atoms with Crippen LogP contribution in [-0.2, 0) is 0 Å². The van der Waals surface area contributed by atoms with Crippen LogP contribution in [0.1, 0.15) is 41.0 Å². The van der Waals surface area contributed by atoms with Gasteiger partial charge in [-0.1, -0.05) is 36.4 Å². The third kappa shape index (κ3) is 3.56. The van der Waals surface area contributed by atoms with Crippen molar-refractivity contribution in [1.82, 2.24) is 14.5 Å². The summed E-state index contributed by atoms with van der Waals surface area (Å²) in [5, 5.41) is 14.4. The molecule has 7 heteroatoms. The molecule has 2 aromatic heterocycles. The van der Waals surface area contributed by atoms with Gasteiger partial charge < -0.3 is 11.1 Å². The van der Waals surface area contributed by atoms with Crippen molar-refractivity contribution in [2.45, 2.75) is 33.7 Å². The van der Waals surface area contributed by atoms with Crippen LogP contribution in [0.4, 0.5) is 11.8 Å². The second kappa shape index (κ2) is 8.16. The Morgan fingerprint density at radius 2 is 1.78 bits per heavy atom. The topological polar surface area (TPSA) is 110 Å². The second-order valence-corrected chi connectivity index (χ2v) is 7.90. The summed E-state index contributed by atoms with van der Waals surface area (Å²) in [6.45, 7) is 7.57. The van der Waals surface area contributed by atoms with Gasteiger partial charge in [-0.2, -0.15) is 10.2 Å². The summed E-state index contributed by atoms with van der Waals surface area (Å²) >= 11 is 0. The number of hydrogen-bond donors (Lipinski definition) is 2. The van der Waals surface area contributed by atoms with E-state index in [1.54, 1.807) is 11.5 Å². The monoisotopic (exact) mass is 424 g/mol. The third-order valence-corrected chi connectivity index (χ3v) is 5.66. The van der Waals surface area contributed by atoms with E-state index in [0.717, 1.165) is 27.9 Å². The van der Waals surface area contributed by atoms with Crippen LogP contribution in [0, 0.1) is 32.1 Å². The second-order valence-electron chi connectivity index (χ2n) is 7.90. The quantitative estimate of drug-likeness (QED) is 0.504. The van der Waals surface area contributed by atoms with E-state index in [9.17, 15) is 10.1 Å². The standard InChI is InChI=1S/C25H24N6O/c1-14-8-5-6-11-20(14)31-21(12-18-10-7-9-15(2)22(18)24(31)32)17(4)28-23-19(13-26)16(3)29-25(27)30-23/h5-12,17H,1-4H3,(H3,27,28,29,30)/t17-/m0/s1. The van der Waals surface area contributed by atoms with Gasteiger partial charge in [-0.25, -0.2) is 4.98 Å². The molecule has 32 heavy (non-hydrogen) atoms. The van der Waals surface area contributed by atoms with E-state index < -0.39 is 0 Å². The number of nitriles is 1. The van der Waals surface area contributed by atoms with Crippen molar-refractivity contribution in [1.29, 1.82) is 5.26 Å². The molecule has 0 aliphatic carbocycles. The van der Waals surface area contributed by atoms with E-state index in [-0.39, 0.29) is 17.5 Å². The number of anilines is 2. The minimum atomic E-state index is -0.354. The highest BCUT2D eigenvalue weighted by Crippen LogP contribution is 2.27. The highest BCUT2D eigenvalue weighted by molar-refractivity contribution is 5.85. The Morgan fingerprint density at radius 1 is 1.06 bits per heavy atom. The van der Waals surface area contributed by atoms with Crippen molar-refractivity contribution in [3.63, 3.8) is 0 Å². The van der Waals surface area contributed by atoms with Crippen LogP contribution >= 0.6 is 0 Å². The molecule has 0 amide bonds. The number of aryl methyl sites for hydroxylation is 3. The predicted molar refractivity (Wildman–Crippen MR) is 127 cm³/mol. The summed E-state index contributed by atoms with van der Waals surface area (Å²) in [7, 11) is 0. The molecule has 4 aromatic rings. The van der Waals surface area contributed by atoms with Gasteiger partial charge in [-0.05, 0) is 56.3 Å². The first kappa shape index (κ1) is 21.1. The molecule has 0 bridgehead atoms. The smallest absolute Gasteiger partial charge is 0.263 e. The van der Waals surface area contributed by atoms with E-state index in [1.807, 2.05) is 69.3 Å². The lowest BCUT2D eigenvalue weighted by Gasteiger charge is -2.23. The Kier molecular flexibility index (Phi) is 5.37. The van der Waals surface area contributed by atoms with Crippen molar-refractivity contribution in [2.24, 2.45) is 0 Å². The largest absolute Gasteiger partial charge is 0.368 e. The lowest BCUT2D eigenvalue weighted by Crippen LogP contribution is -2.27. The van der Waals surface area contributed by atoms with Gasteiger partial charge in [0.1, 0.15) is 17.5 Å². The summed E-state index contributed by atoms with van der Waals surface area (Å²) in [4.78, 5) is 22.1. The lowest BCUT2D eigenvalue weighted by molar-refractivity contribution is 0.769. The Balaban J connectivity index is 1.97. The first-order chi connectivity index (χ1) is 15.3. The molecular formula is C25H24N6O. The zero-order valence-electron chi connectivity index (χ0n) is 18.5. The van der Waals surface area contributed by atoms with Gasteiger partial charge in [0.2, 0.25) is 5.95 Å². The predicted octanol–water partition coefficient (Wildman–Crippen LogP) is 4.33. The van der Waals surface area contributed by atoms with Gasteiger partial charge in [0.15, 0.2) is 0 Å². The number of aromatic nitrogens is 3. The van der Waals surface area contributed by atoms with Crippen LogP contribution in [0.25, 0.3) is 16.5 Å². The summed E-state index contributed by atoms with van der Waals surface area (Å²) in [5.41, 5.74) is 10.0. The average Bonchev–Trinajstić information content (AvgIpc) is 2.74. The number of para-hydroxylation sites is 1. The number of nitrogens with one attached hydrogen (secondary N) is 1. The number of benzene rings is 2. The van der Waals surface area contributed by atoms with E-state index in [1.165, 1.54) is 0 Å². The summed E-state index contributed by atoms with van der Waals surface area (Å²) in [6, 6.07) is 17.4. The van der Waals surface area contributed by atoms with Gasteiger partial charge in [-0.15, -0.1) is 0 Å². The van der Waals surface area contributed by atoms with Gasteiger partial charge in [0, 0.05) is 5.69 Å². The minimum Gasteiger partial charge on any atom is -0.368 e. The van der Waals surface area contributed by atoms with Crippen molar-refractivity contribution in [3.05, 3.63) is 87.0 Å². The van der Waals surface area contributed by atoms with Crippen molar-refractivity contribution >= 4 is 22.5 Å². The first-order valence-corrected chi connectivity index (χ1v) is 10.3. The molecule has 3 N–H and O–H groups in total. The third-order valence-electron chi connectivity index (χ3n) is 5.66. The molecule has 2 heterocycles. The number of nitrogens with zero attached hydrogens (tertiary/aromatic N) is 4. The highest BCUT2D eigenvalue weighted by atomic mass is 16.1. The molecule has 160 valence electrons. The van der Waals surface area contributed by atoms with Gasteiger partial charge in [-0.3, -0.25) is 9.36 Å². The number of nitrogens with two attached hydrogens (primary N) is 1. The molecule has 2 aromatic carbocycles. The van der Waals surface area contributed by atoms with Gasteiger partial charge in [0.25, 0.3) is 5.56 Å². The molecule has 0 saturated heterocycles. The molecule has 0 aliphatic rings. The van der Waals surface area contributed by atoms with Gasteiger partial charge in [0.05, 0.1) is 22.8 Å². The Morgan fingerprint density at radius 3 is 2.50 bits per heavy atom. The maximum absolute atomic E-state index is 13.7. The Labute approximate surface area is 186 Å². The van der Waals surface area contributed by atoms with E-state index in [0.29, 0.717) is 22.5 Å². The number of rotatable bonds is 4. The maximum atomic E-state index is 13.7. The van der Waals surface area contributed by atoms with Gasteiger partial charge >= 0.3 is 0 Å². The molecule has 0 spiro atoms. The fraction of sp³-hybridized carbons (Fsp3) is 0.200. The number of hydrogen-bond acceptors (Lipinski definition) is 6. The normalized spacial score (nSPS) is 11.8. The lowest BCUT2D eigenvalue weighted by atomic mass is 10.0. The Hall–Kier alpha value is -4.18. The highest BCUT2D eigenvalue weighted by Gasteiger charge is 2.20. The van der Waals surface area contributed by atoms with Crippen LogP contribution in [0.5, 0.6) is 0 Å². The molecule has 0 fully saturated rings. The zero-order chi connectivity index (χ0) is 23.0. The van der Waals surface area contributed by atoms with Crippen LogP contribution < -0.4 is 16.6 Å². The first-order valence-electron chi connectivity index (χ1n) is 10.3. The van der Waals surface area contributed by atoms with Crippen molar-refractivity contribution in [3.8, 4) is 11.8 Å². The van der Waals surface area contributed by atoms with E-state index in [4.69, 9.17) is 5.73 Å². The molecule has 7 nitrogen and oxygen atoms in total. The maximum Gasteiger partial charge on any atom is 0.263 e. The fourth-order valence-corrected chi connectivity index (χ4v) is 4.05. The zero-order valence-corrected chi connectivity index (χ0v) is 18.5. The molecule has 0 radical (unpaired) electrons.